The highest BCUT2D eigenvalue weighted by molar-refractivity contribution is 7.94. The lowest BCUT2D eigenvalue weighted by Crippen LogP contribution is -2.25. The number of sulfone groups is 1. The van der Waals surface area contributed by atoms with Crippen molar-refractivity contribution < 1.29 is 74.4 Å². The van der Waals surface area contributed by atoms with E-state index in [9.17, 15) is 55.5 Å². The van der Waals surface area contributed by atoms with Crippen molar-refractivity contribution in [2.45, 2.75) is 29.8 Å². The molecule has 0 saturated heterocycles. The zero-order valence-corrected chi connectivity index (χ0v) is 36.1. The predicted octanol–water partition coefficient (Wildman–Crippen LogP) is 6.34. The number of aromatic nitrogens is 1. The van der Waals surface area contributed by atoms with Gasteiger partial charge in [0.15, 0.2) is 21.4 Å². The Morgan fingerprint density at radius 3 is 2.15 bits per heavy atom. The van der Waals surface area contributed by atoms with Crippen LogP contribution in [0.4, 0.5) is 18.9 Å². The molecule has 0 radical (unpaired) electrons. The third kappa shape index (κ3) is 17.2. The number of hydrogen-bond donors (Lipinski definition) is 3. The standard InChI is InChI=1S/C15H12F3NO4S.C14H9Cl2NO5.C3H8NO5P.C3H9S/c1-24(21,22)12-6-9(15(16,17)18)4-5-10(12)13(20)11-7-19-23-14(11)8-2-3-8;1-21-14(18)10-7-9(3-4-12(10)17(19)20)22-13-5-2-8(15)6-11(13)16;5-3(6)1-4-2-10(7,8)9;1-4(2)3/h4-8H,2-3H2,1H3;2-7H,1H3;4H,1-2H2,(H,5,6)(H2,7,8,9);1-3H3/q;;;+1/p-1. The van der Waals surface area contributed by atoms with Gasteiger partial charge in [0.1, 0.15) is 24.7 Å². The lowest BCUT2D eigenvalue weighted by Gasteiger charge is -2.14. The summed E-state index contributed by atoms with van der Waals surface area (Å²) in [4.78, 5) is 61.6. The van der Waals surface area contributed by atoms with Gasteiger partial charge in [-0.25, -0.2) is 13.2 Å². The molecule has 0 aliphatic heterocycles. The monoisotopic (exact) mass is 945 g/mol. The molecule has 17 nitrogen and oxygen atoms in total. The number of esters is 1. The van der Waals surface area contributed by atoms with E-state index in [-0.39, 0.29) is 39.1 Å². The molecule has 0 spiro atoms. The fourth-order valence-electron chi connectivity index (χ4n) is 4.40. The largest absolute Gasteiger partial charge is 0.778 e. The summed E-state index contributed by atoms with van der Waals surface area (Å²) in [6, 6.07) is 10.4. The van der Waals surface area contributed by atoms with Gasteiger partial charge in [0.25, 0.3) is 5.69 Å². The summed E-state index contributed by atoms with van der Waals surface area (Å²) in [6.07, 6.45) is 4.73. The van der Waals surface area contributed by atoms with Crippen molar-refractivity contribution in [2.75, 3.05) is 45.0 Å². The number of nitrogens with zero attached hydrogens (tertiary/aromatic N) is 2. The van der Waals surface area contributed by atoms with Crippen LogP contribution in [-0.4, -0.2) is 91.2 Å². The van der Waals surface area contributed by atoms with Gasteiger partial charge in [-0.1, -0.05) is 28.4 Å². The van der Waals surface area contributed by atoms with Gasteiger partial charge >= 0.3 is 18.1 Å². The molecule has 1 aliphatic carbocycles. The number of hydrogen-bond acceptors (Lipinski definition) is 14. The lowest BCUT2D eigenvalue weighted by molar-refractivity contribution is -0.385. The third-order valence-electron chi connectivity index (χ3n) is 7.02. The molecule has 1 fully saturated rings. The number of nitro benzene ring substituents is 1. The highest BCUT2D eigenvalue weighted by Gasteiger charge is 2.36. The Morgan fingerprint density at radius 1 is 1.05 bits per heavy atom. The Balaban J connectivity index is 0.000000317. The molecule has 1 saturated carbocycles. The molecule has 1 aromatic heterocycles. The second-order valence-corrected chi connectivity index (χ2v) is 19.5. The highest BCUT2D eigenvalue weighted by atomic mass is 35.5. The van der Waals surface area contributed by atoms with E-state index >= 15 is 0 Å². The minimum Gasteiger partial charge on any atom is -0.778 e. The number of benzene rings is 3. The van der Waals surface area contributed by atoms with Crippen molar-refractivity contribution in [3.8, 4) is 11.5 Å². The van der Waals surface area contributed by atoms with Gasteiger partial charge in [0.05, 0.1) is 70.9 Å². The fraction of sp³-hybridized carbons (Fsp3) is 0.314. The van der Waals surface area contributed by atoms with Gasteiger partial charge in [0, 0.05) is 34.9 Å². The number of nitro groups is 1. The van der Waals surface area contributed by atoms with E-state index in [2.05, 4.69) is 28.7 Å². The molecule has 0 amide bonds. The van der Waals surface area contributed by atoms with E-state index in [4.69, 9.17) is 42.5 Å². The van der Waals surface area contributed by atoms with Crippen molar-refractivity contribution in [2.24, 2.45) is 0 Å². The molecule has 5 rings (SSSR count). The first-order chi connectivity index (χ1) is 27.7. The molecule has 4 aromatic rings. The molecule has 3 aromatic carbocycles. The zero-order valence-electron chi connectivity index (χ0n) is 32.0. The zero-order chi connectivity index (χ0) is 45.7. The van der Waals surface area contributed by atoms with E-state index in [1.54, 1.807) is 12.1 Å². The summed E-state index contributed by atoms with van der Waals surface area (Å²) in [5, 5.41) is 25.2. The van der Waals surface area contributed by atoms with Crippen LogP contribution < -0.4 is 14.9 Å². The first kappa shape index (κ1) is 51.6. The first-order valence-corrected chi connectivity index (χ1v) is 23.4. The number of carboxylic acids is 1. The molecule has 60 heavy (non-hydrogen) atoms. The van der Waals surface area contributed by atoms with Crippen molar-refractivity contribution in [1.82, 2.24) is 10.5 Å². The summed E-state index contributed by atoms with van der Waals surface area (Å²) in [6.45, 7) is -0.479. The number of carbonyl (C=O) groups is 3. The molecule has 3 N–H and O–H groups in total. The topological polar surface area (TPSA) is 266 Å². The van der Waals surface area contributed by atoms with Crippen molar-refractivity contribution in [3.63, 3.8) is 0 Å². The van der Waals surface area contributed by atoms with Crippen LogP contribution in [0.15, 0.2) is 70.2 Å². The number of halogens is 5. The summed E-state index contributed by atoms with van der Waals surface area (Å²) >= 11 is 11.8. The maximum Gasteiger partial charge on any atom is 0.416 e. The number of nitrogens with one attached hydrogen (secondary N) is 1. The third-order valence-corrected chi connectivity index (χ3v) is 9.31. The highest BCUT2D eigenvalue weighted by Crippen LogP contribution is 2.42. The number of ether oxygens (including phenoxy) is 2. The molecule has 0 bridgehead atoms. The number of methoxy groups -OCH3 is 1. The van der Waals surface area contributed by atoms with Gasteiger partial charge < -0.3 is 33.5 Å². The summed E-state index contributed by atoms with van der Waals surface area (Å²) < 4.78 is 87.3. The van der Waals surface area contributed by atoms with E-state index in [1.165, 1.54) is 24.4 Å². The predicted molar refractivity (Wildman–Crippen MR) is 213 cm³/mol. The van der Waals surface area contributed by atoms with Crippen molar-refractivity contribution in [3.05, 3.63) is 109 Å². The Hall–Kier alpha value is -4.54. The molecule has 25 heteroatoms. The van der Waals surface area contributed by atoms with E-state index in [0.717, 1.165) is 38.3 Å². The minimum absolute atomic E-state index is 0.0441. The molecular weight excluding hydrogens is 909 g/mol. The van der Waals surface area contributed by atoms with Gasteiger partial charge in [-0.3, -0.25) is 25.0 Å². The Bertz CT molecular complexity index is 2340. The summed E-state index contributed by atoms with van der Waals surface area (Å²) in [7, 11) is -6.61. The van der Waals surface area contributed by atoms with E-state index in [0.29, 0.717) is 39.6 Å². The SMILES string of the molecule is COC(=O)c1cc(Oc2ccc(Cl)cc2Cl)ccc1[N+](=O)[O-].CS(=O)(=O)c1cc(C(F)(F)F)ccc1C(=O)c1cnoc1C1CC1.C[S+](C)C.O=C(O)CNCP(=O)([O-])O. The van der Waals surface area contributed by atoms with E-state index in [1.807, 2.05) is 5.32 Å². The van der Waals surface area contributed by atoms with E-state index < -0.39 is 69.5 Å². The molecule has 1 aliphatic rings. The van der Waals surface area contributed by atoms with Crippen LogP contribution in [0.3, 0.4) is 0 Å². The molecule has 1 heterocycles. The van der Waals surface area contributed by atoms with Crippen LogP contribution >= 0.6 is 30.8 Å². The van der Waals surface area contributed by atoms with Gasteiger partial charge in [-0.05, 0) is 66.2 Å². The lowest BCUT2D eigenvalue weighted by atomic mass is 10.0. The Morgan fingerprint density at radius 2 is 1.67 bits per heavy atom. The second-order valence-electron chi connectivity index (χ2n) is 12.6. The first-order valence-electron chi connectivity index (χ1n) is 16.5. The number of carbonyl (C=O) groups excluding carboxylic acids is 2. The molecule has 1 atom stereocenters. The van der Waals surface area contributed by atoms with Gasteiger partial charge in [-0.15, -0.1) is 0 Å². The Kier molecular flexibility index (Phi) is 19.2. The summed E-state index contributed by atoms with van der Waals surface area (Å²) in [5.41, 5.74) is -1.96. The van der Waals surface area contributed by atoms with Crippen LogP contribution in [0.2, 0.25) is 10.0 Å². The average molecular weight is 947 g/mol. The van der Waals surface area contributed by atoms with Crippen LogP contribution in [0, 0.1) is 10.1 Å². The quantitative estimate of drug-likeness (QED) is 0.0349. The van der Waals surface area contributed by atoms with Gasteiger partial charge in [0.2, 0.25) is 0 Å². The number of carboxylic acid groups (broad SMARTS) is 1. The average Bonchev–Trinajstić information content (AvgIpc) is 3.86. The van der Waals surface area contributed by atoms with Crippen LogP contribution in [-0.2, 0) is 41.0 Å². The molecule has 1 unspecified atom stereocenters. The number of rotatable bonds is 12. The van der Waals surface area contributed by atoms with Crippen molar-refractivity contribution in [1.29, 1.82) is 0 Å². The number of ketones is 1. The van der Waals surface area contributed by atoms with Gasteiger partial charge in [-0.2, -0.15) is 13.2 Å². The van der Waals surface area contributed by atoms with Crippen molar-refractivity contribution >= 4 is 74.9 Å². The summed E-state index contributed by atoms with van der Waals surface area (Å²) in [5.74, 6) is -1.83. The second kappa shape index (κ2) is 22.3. The Labute approximate surface area is 353 Å². The molecule has 328 valence electrons. The molecular formula is C35H37Cl2F3N3O14PS2. The van der Waals surface area contributed by atoms with Crippen LogP contribution in [0.25, 0.3) is 0 Å². The smallest absolute Gasteiger partial charge is 0.416 e. The number of alkyl halides is 3. The maximum atomic E-state index is 12.8. The normalized spacial score (nSPS) is 13.2. The fourth-order valence-corrected chi connectivity index (χ4v) is 6.14. The van der Waals surface area contributed by atoms with Crippen LogP contribution in [0.1, 0.15) is 56.4 Å². The van der Waals surface area contributed by atoms with Crippen LogP contribution in [0.5, 0.6) is 11.5 Å². The number of aliphatic carboxylic acids is 1. The maximum absolute atomic E-state index is 12.8. The minimum atomic E-state index is -4.71.